The number of fused-ring (bicyclic) bond motifs is 3. The maximum Gasteiger partial charge on any atom is 0.141 e. The Bertz CT molecular complexity index is 1060. The summed E-state index contributed by atoms with van der Waals surface area (Å²) in [5.41, 5.74) is 4.40. The first-order valence-corrected chi connectivity index (χ1v) is 9.90. The second kappa shape index (κ2) is 7.12. The second-order valence-corrected chi connectivity index (χ2v) is 7.44. The number of imidazole rings is 1. The van der Waals surface area contributed by atoms with Gasteiger partial charge in [0, 0.05) is 17.5 Å². The van der Waals surface area contributed by atoms with Crippen LogP contribution in [0.15, 0.2) is 60.8 Å². The molecule has 0 amide bonds. The molecule has 1 saturated heterocycles. The van der Waals surface area contributed by atoms with Crippen molar-refractivity contribution in [2.45, 2.75) is 25.8 Å². The predicted molar refractivity (Wildman–Crippen MR) is 111 cm³/mol. The quantitative estimate of drug-likeness (QED) is 0.579. The zero-order valence-electron chi connectivity index (χ0n) is 15.4. The van der Waals surface area contributed by atoms with Gasteiger partial charge in [-0.3, -0.25) is 4.98 Å². The first kappa shape index (κ1) is 16.5. The van der Waals surface area contributed by atoms with E-state index in [1.54, 1.807) is 0 Å². The molecule has 4 aromatic rings. The number of aryl methyl sites for hydroxylation is 1. The first-order valence-electron chi connectivity index (χ1n) is 9.90. The highest BCUT2D eigenvalue weighted by atomic mass is 15.1. The summed E-state index contributed by atoms with van der Waals surface area (Å²) >= 11 is 0. The van der Waals surface area contributed by atoms with Gasteiger partial charge < -0.3 is 9.88 Å². The summed E-state index contributed by atoms with van der Waals surface area (Å²) < 4.78 is 2.43. The minimum atomic E-state index is 0.792. The topological polar surface area (TPSA) is 42.7 Å². The summed E-state index contributed by atoms with van der Waals surface area (Å²) in [6.45, 7) is 3.29. The Balaban J connectivity index is 1.65. The van der Waals surface area contributed by atoms with E-state index >= 15 is 0 Å². The average molecular weight is 356 g/mol. The average Bonchev–Trinajstić information content (AvgIpc) is 3.13. The van der Waals surface area contributed by atoms with Crippen LogP contribution < -0.4 is 5.32 Å². The third-order valence-corrected chi connectivity index (χ3v) is 5.73. The molecule has 2 aromatic carbocycles. The van der Waals surface area contributed by atoms with Crippen LogP contribution >= 0.6 is 0 Å². The van der Waals surface area contributed by atoms with Gasteiger partial charge >= 0.3 is 0 Å². The number of aromatic nitrogens is 3. The van der Waals surface area contributed by atoms with Crippen LogP contribution in [0.4, 0.5) is 0 Å². The normalized spacial score (nSPS) is 15.6. The Hall–Kier alpha value is -2.72. The standard InChI is InChI=1S/C23H24N4/c1-2-6-18(7-3-1)23-26-21-16-25-20-9-5-4-8-19(20)22(21)27(23)15-12-17-10-13-24-14-11-17/h1-9,16-17,24H,10-15H2. The molecular formula is C23H24N4. The van der Waals surface area contributed by atoms with E-state index < -0.39 is 0 Å². The maximum absolute atomic E-state index is 4.98. The molecule has 4 nitrogen and oxygen atoms in total. The van der Waals surface area contributed by atoms with Crippen molar-refractivity contribution in [2.24, 2.45) is 5.92 Å². The van der Waals surface area contributed by atoms with Crippen LogP contribution in [0.2, 0.25) is 0 Å². The molecule has 0 aliphatic carbocycles. The van der Waals surface area contributed by atoms with Gasteiger partial charge in [0.1, 0.15) is 11.3 Å². The fourth-order valence-electron chi connectivity index (χ4n) is 4.27. The Morgan fingerprint density at radius 1 is 0.926 bits per heavy atom. The molecule has 0 spiro atoms. The van der Waals surface area contributed by atoms with Gasteiger partial charge in [-0.15, -0.1) is 0 Å². The SMILES string of the molecule is c1ccc(-c2nc3cnc4ccccc4c3n2CCC2CCNCC2)cc1. The van der Waals surface area contributed by atoms with Crippen molar-refractivity contribution < 1.29 is 0 Å². The molecule has 4 heteroatoms. The summed E-state index contributed by atoms with van der Waals surface area (Å²) in [5, 5.41) is 4.66. The number of para-hydroxylation sites is 1. The van der Waals surface area contributed by atoms with Crippen LogP contribution in [0.5, 0.6) is 0 Å². The summed E-state index contributed by atoms with van der Waals surface area (Å²) in [7, 11) is 0. The van der Waals surface area contributed by atoms with E-state index in [-0.39, 0.29) is 0 Å². The molecule has 0 radical (unpaired) electrons. The van der Waals surface area contributed by atoms with Gasteiger partial charge in [0.25, 0.3) is 0 Å². The number of piperidine rings is 1. The van der Waals surface area contributed by atoms with Crippen molar-refractivity contribution in [3.63, 3.8) is 0 Å². The molecule has 0 saturated carbocycles. The number of nitrogens with zero attached hydrogens (tertiary/aromatic N) is 3. The van der Waals surface area contributed by atoms with Crippen LogP contribution in [0.1, 0.15) is 19.3 Å². The van der Waals surface area contributed by atoms with Crippen molar-refractivity contribution in [3.05, 3.63) is 60.8 Å². The number of hydrogen-bond donors (Lipinski definition) is 1. The van der Waals surface area contributed by atoms with E-state index in [9.17, 15) is 0 Å². The third-order valence-electron chi connectivity index (χ3n) is 5.73. The zero-order chi connectivity index (χ0) is 18.1. The van der Waals surface area contributed by atoms with Crippen molar-refractivity contribution in [1.82, 2.24) is 19.9 Å². The third kappa shape index (κ3) is 3.10. The van der Waals surface area contributed by atoms with Crippen LogP contribution in [0.3, 0.4) is 0 Å². The molecule has 2 aromatic heterocycles. The van der Waals surface area contributed by atoms with Gasteiger partial charge in [-0.05, 0) is 44.3 Å². The van der Waals surface area contributed by atoms with Crippen LogP contribution in [0, 0.1) is 5.92 Å². The van der Waals surface area contributed by atoms with Crippen molar-refractivity contribution in [1.29, 1.82) is 0 Å². The molecule has 136 valence electrons. The largest absolute Gasteiger partial charge is 0.323 e. The van der Waals surface area contributed by atoms with E-state index in [4.69, 9.17) is 4.98 Å². The van der Waals surface area contributed by atoms with E-state index in [0.29, 0.717) is 0 Å². The molecule has 27 heavy (non-hydrogen) atoms. The molecule has 1 aliphatic rings. The molecule has 1 aliphatic heterocycles. The van der Waals surface area contributed by atoms with Gasteiger partial charge in [0.05, 0.1) is 17.2 Å². The summed E-state index contributed by atoms with van der Waals surface area (Å²) in [6.07, 6.45) is 5.67. The lowest BCUT2D eigenvalue weighted by molar-refractivity contribution is 0.340. The number of hydrogen-bond acceptors (Lipinski definition) is 3. The van der Waals surface area contributed by atoms with Crippen LogP contribution in [-0.4, -0.2) is 27.6 Å². The smallest absolute Gasteiger partial charge is 0.141 e. The van der Waals surface area contributed by atoms with Crippen LogP contribution in [0.25, 0.3) is 33.3 Å². The minimum Gasteiger partial charge on any atom is -0.323 e. The van der Waals surface area contributed by atoms with Crippen molar-refractivity contribution in [3.8, 4) is 11.4 Å². The van der Waals surface area contributed by atoms with Gasteiger partial charge in [-0.1, -0.05) is 48.5 Å². The monoisotopic (exact) mass is 356 g/mol. The molecule has 0 atom stereocenters. The highest BCUT2D eigenvalue weighted by Gasteiger charge is 2.18. The van der Waals surface area contributed by atoms with E-state index in [1.807, 2.05) is 6.20 Å². The van der Waals surface area contributed by atoms with Crippen molar-refractivity contribution >= 4 is 21.9 Å². The lowest BCUT2D eigenvalue weighted by Crippen LogP contribution is -2.28. The minimum absolute atomic E-state index is 0.792. The molecule has 3 heterocycles. The van der Waals surface area contributed by atoms with E-state index in [2.05, 4.69) is 69.5 Å². The Kier molecular flexibility index (Phi) is 4.34. The van der Waals surface area contributed by atoms with Gasteiger partial charge in [0.2, 0.25) is 0 Å². The number of pyridine rings is 1. The highest BCUT2D eigenvalue weighted by Crippen LogP contribution is 2.30. The predicted octanol–water partition coefficient (Wildman–Crippen LogP) is 4.64. The molecule has 1 N–H and O–H groups in total. The zero-order valence-corrected chi connectivity index (χ0v) is 15.4. The van der Waals surface area contributed by atoms with Gasteiger partial charge in [-0.2, -0.15) is 0 Å². The van der Waals surface area contributed by atoms with Gasteiger partial charge in [0.15, 0.2) is 0 Å². The van der Waals surface area contributed by atoms with Gasteiger partial charge in [-0.25, -0.2) is 4.98 Å². The highest BCUT2D eigenvalue weighted by molar-refractivity contribution is 6.03. The molecule has 0 bridgehead atoms. The second-order valence-electron chi connectivity index (χ2n) is 7.44. The van der Waals surface area contributed by atoms with Crippen LogP contribution in [-0.2, 0) is 6.54 Å². The summed E-state index contributed by atoms with van der Waals surface area (Å²) in [4.78, 5) is 9.61. The lowest BCUT2D eigenvalue weighted by atomic mass is 9.94. The van der Waals surface area contributed by atoms with E-state index in [1.165, 1.54) is 35.7 Å². The number of nitrogens with one attached hydrogen (secondary N) is 1. The Labute approximate surface area is 159 Å². The summed E-state index contributed by atoms with van der Waals surface area (Å²) in [5.74, 6) is 1.85. The molecular weight excluding hydrogens is 332 g/mol. The first-order chi connectivity index (χ1) is 13.4. The Morgan fingerprint density at radius 3 is 2.56 bits per heavy atom. The molecule has 0 unspecified atom stereocenters. The Morgan fingerprint density at radius 2 is 1.70 bits per heavy atom. The molecule has 5 rings (SSSR count). The number of rotatable bonds is 4. The number of benzene rings is 2. The van der Waals surface area contributed by atoms with E-state index in [0.717, 1.165) is 42.4 Å². The fraction of sp³-hybridized carbons (Fsp3) is 0.304. The molecule has 1 fully saturated rings. The lowest BCUT2D eigenvalue weighted by Gasteiger charge is -2.23. The fourth-order valence-corrected chi connectivity index (χ4v) is 4.27. The summed E-state index contributed by atoms with van der Waals surface area (Å²) in [6, 6.07) is 18.9. The van der Waals surface area contributed by atoms with Crippen molar-refractivity contribution in [2.75, 3.05) is 13.1 Å². The maximum atomic E-state index is 4.98.